The van der Waals surface area contributed by atoms with E-state index in [-0.39, 0.29) is 31.6 Å². The minimum Gasteiger partial charge on any atom is -0.480 e. The normalized spacial score (nSPS) is 23.1. The van der Waals surface area contributed by atoms with Crippen LogP contribution in [-0.4, -0.2) is 30.1 Å². The lowest BCUT2D eigenvalue weighted by atomic mass is 9.76. The van der Waals surface area contributed by atoms with E-state index >= 15 is 0 Å². The highest BCUT2D eigenvalue weighted by atomic mass is 19.4. The molecule has 21 heavy (non-hydrogen) atoms. The summed E-state index contributed by atoms with van der Waals surface area (Å²) in [5, 5.41) is 9.33. The van der Waals surface area contributed by atoms with Crippen LogP contribution >= 0.6 is 0 Å². The molecule has 1 aromatic rings. The van der Waals surface area contributed by atoms with Gasteiger partial charge in [-0.05, 0) is 18.1 Å². The Bertz CT molecular complexity index is 568. The summed E-state index contributed by atoms with van der Waals surface area (Å²) in [6.45, 7) is -0.187. The van der Waals surface area contributed by atoms with E-state index in [2.05, 4.69) is 0 Å². The summed E-state index contributed by atoms with van der Waals surface area (Å²) in [5.41, 5.74) is -2.53. The van der Waals surface area contributed by atoms with Gasteiger partial charge in [0.2, 0.25) is 0 Å². The largest absolute Gasteiger partial charge is 0.480 e. The molecule has 0 radical (unpaired) electrons. The van der Waals surface area contributed by atoms with Gasteiger partial charge in [0.1, 0.15) is 0 Å². The minimum absolute atomic E-state index is 0.0503. The number of carboxylic acids is 1. The Morgan fingerprint density at radius 3 is 2.67 bits per heavy atom. The molecule has 2 rings (SSSR count). The molecular weight excluding hydrogens is 289 g/mol. The molecule has 0 saturated carbocycles. The Kier molecular flexibility index (Phi) is 4.04. The highest BCUT2D eigenvalue weighted by molar-refractivity contribution is 6.04. The van der Waals surface area contributed by atoms with Crippen LogP contribution in [0.25, 0.3) is 0 Å². The topological polar surface area (TPSA) is 63.6 Å². The summed E-state index contributed by atoms with van der Waals surface area (Å²) in [6, 6.07) is 4.34. The maximum absolute atomic E-state index is 12.7. The number of hydrogen-bond acceptors (Lipinski definition) is 3. The van der Waals surface area contributed by atoms with E-state index in [9.17, 15) is 27.9 Å². The fourth-order valence-electron chi connectivity index (χ4n) is 2.34. The Morgan fingerprint density at radius 2 is 2.10 bits per heavy atom. The fraction of sp³-hybridized carbons (Fsp3) is 0.429. The quantitative estimate of drug-likeness (QED) is 0.870. The van der Waals surface area contributed by atoms with Crippen LogP contribution in [0, 0.1) is 5.41 Å². The summed E-state index contributed by atoms with van der Waals surface area (Å²) in [6.07, 6.45) is -4.88. The highest BCUT2D eigenvalue weighted by Crippen LogP contribution is 2.33. The minimum atomic E-state index is -4.51. The van der Waals surface area contributed by atoms with E-state index in [0.29, 0.717) is 0 Å². The number of ketones is 1. The molecule has 114 valence electrons. The number of ether oxygens (including phenoxy) is 1. The maximum atomic E-state index is 12.7. The number of rotatable bonds is 3. The Morgan fingerprint density at radius 1 is 1.38 bits per heavy atom. The van der Waals surface area contributed by atoms with E-state index in [1.165, 1.54) is 12.1 Å². The molecular formula is C14H13F3O4. The number of carbonyl (C=O) groups excluding carboxylic acids is 1. The second-order valence-electron chi connectivity index (χ2n) is 4.99. The molecule has 0 aliphatic carbocycles. The number of halogens is 3. The first-order valence-corrected chi connectivity index (χ1v) is 6.26. The number of aliphatic carboxylic acids is 1. The fourth-order valence-corrected chi connectivity index (χ4v) is 2.34. The third kappa shape index (κ3) is 3.07. The molecule has 7 heteroatoms. The summed E-state index contributed by atoms with van der Waals surface area (Å²) >= 11 is 0. The van der Waals surface area contributed by atoms with Gasteiger partial charge in [0, 0.05) is 6.42 Å². The third-order valence-electron chi connectivity index (χ3n) is 3.53. The van der Waals surface area contributed by atoms with Crippen LogP contribution in [0.2, 0.25) is 0 Å². The Hall–Kier alpha value is -1.89. The van der Waals surface area contributed by atoms with Gasteiger partial charge in [-0.2, -0.15) is 13.2 Å². The monoisotopic (exact) mass is 302 g/mol. The van der Waals surface area contributed by atoms with Crippen LogP contribution in [0.3, 0.4) is 0 Å². The molecule has 0 amide bonds. The molecule has 1 N–H and O–H groups in total. The molecule has 4 nitrogen and oxygen atoms in total. The second kappa shape index (κ2) is 5.48. The first kappa shape index (κ1) is 15.5. The number of carbonyl (C=O) groups is 2. The van der Waals surface area contributed by atoms with Crippen molar-refractivity contribution in [1.82, 2.24) is 0 Å². The zero-order chi connectivity index (χ0) is 15.7. The standard InChI is InChI=1S/C14H13F3O4/c15-14(16,17)10-3-1-2-9(6-10)7-13(12(19)20)8-21-5-4-11(13)18/h1-3,6H,4-5,7-8H2,(H,19,20). The summed E-state index contributed by atoms with van der Waals surface area (Å²) in [7, 11) is 0. The molecule has 1 saturated heterocycles. The van der Waals surface area contributed by atoms with Gasteiger partial charge in [0.25, 0.3) is 0 Å². The Labute approximate surface area is 118 Å². The van der Waals surface area contributed by atoms with Gasteiger partial charge in [-0.1, -0.05) is 18.2 Å². The summed E-state index contributed by atoms with van der Waals surface area (Å²) < 4.78 is 43.1. The van der Waals surface area contributed by atoms with Crippen LogP contribution < -0.4 is 0 Å². The Balaban J connectivity index is 2.34. The van der Waals surface area contributed by atoms with Crippen molar-refractivity contribution in [1.29, 1.82) is 0 Å². The lowest BCUT2D eigenvalue weighted by Crippen LogP contribution is -2.48. The predicted molar refractivity (Wildman–Crippen MR) is 65.7 cm³/mol. The molecule has 0 spiro atoms. The molecule has 0 aromatic heterocycles. The molecule has 0 bridgehead atoms. The van der Waals surface area contributed by atoms with E-state index < -0.39 is 28.9 Å². The van der Waals surface area contributed by atoms with Gasteiger partial charge >= 0.3 is 12.1 Å². The molecule has 1 aliphatic rings. The first-order chi connectivity index (χ1) is 9.75. The zero-order valence-electron chi connectivity index (χ0n) is 10.9. The van der Waals surface area contributed by atoms with Crippen molar-refractivity contribution in [2.75, 3.05) is 13.2 Å². The number of hydrogen-bond donors (Lipinski definition) is 1. The molecule has 1 fully saturated rings. The average Bonchev–Trinajstić information content (AvgIpc) is 2.40. The van der Waals surface area contributed by atoms with Gasteiger partial charge < -0.3 is 9.84 Å². The number of alkyl halides is 3. The van der Waals surface area contributed by atoms with Gasteiger partial charge in [-0.25, -0.2) is 0 Å². The van der Waals surface area contributed by atoms with Crippen molar-refractivity contribution in [3.05, 3.63) is 35.4 Å². The van der Waals surface area contributed by atoms with E-state index in [1.807, 2.05) is 0 Å². The third-order valence-corrected chi connectivity index (χ3v) is 3.53. The predicted octanol–water partition coefficient (Wildman–Crippen LogP) is 2.31. The van der Waals surface area contributed by atoms with Crippen molar-refractivity contribution < 1.29 is 32.6 Å². The number of benzene rings is 1. The van der Waals surface area contributed by atoms with Crippen LogP contribution in [0.5, 0.6) is 0 Å². The smallest absolute Gasteiger partial charge is 0.416 e. The number of carboxylic acid groups (broad SMARTS) is 1. The first-order valence-electron chi connectivity index (χ1n) is 6.26. The highest BCUT2D eigenvalue weighted by Gasteiger charge is 2.48. The van der Waals surface area contributed by atoms with Crippen LogP contribution in [-0.2, 0) is 26.9 Å². The SMILES string of the molecule is O=C(O)C1(Cc2cccc(C(F)(F)F)c2)COCCC1=O. The summed E-state index contributed by atoms with van der Waals surface area (Å²) in [4.78, 5) is 23.4. The van der Waals surface area contributed by atoms with Gasteiger partial charge in [-0.15, -0.1) is 0 Å². The average molecular weight is 302 g/mol. The van der Waals surface area contributed by atoms with Gasteiger partial charge in [-0.3, -0.25) is 9.59 Å². The summed E-state index contributed by atoms with van der Waals surface area (Å²) in [5.74, 6) is -1.89. The van der Waals surface area contributed by atoms with Crippen molar-refractivity contribution in [2.24, 2.45) is 5.41 Å². The van der Waals surface area contributed by atoms with Gasteiger partial charge in [0.15, 0.2) is 11.2 Å². The molecule has 1 aliphatic heterocycles. The lowest BCUT2D eigenvalue weighted by molar-refractivity contribution is -0.164. The number of Topliss-reactive ketones (excluding diaryl/α,β-unsaturated/α-hetero) is 1. The van der Waals surface area contributed by atoms with E-state index in [4.69, 9.17) is 4.74 Å². The molecule has 1 heterocycles. The molecule has 1 unspecified atom stereocenters. The van der Waals surface area contributed by atoms with E-state index in [0.717, 1.165) is 12.1 Å². The second-order valence-corrected chi connectivity index (χ2v) is 4.99. The zero-order valence-corrected chi connectivity index (χ0v) is 10.9. The maximum Gasteiger partial charge on any atom is 0.416 e. The van der Waals surface area contributed by atoms with Crippen molar-refractivity contribution in [2.45, 2.75) is 19.0 Å². The van der Waals surface area contributed by atoms with Crippen LogP contribution in [0.1, 0.15) is 17.5 Å². The van der Waals surface area contributed by atoms with Crippen molar-refractivity contribution in [3.8, 4) is 0 Å². The molecule has 1 aromatic carbocycles. The lowest BCUT2D eigenvalue weighted by Gasteiger charge is -2.31. The van der Waals surface area contributed by atoms with E-state index in [1.54, 1.807) is 0 Å². The van der Waals surface area contributed by atoms with Crippen LogP contribution in [0.15, 0.2) is 24.3 Å². The van der Waals surface area contributed by atoms with Gasteiger partial charge in [0.05, 0.1) is 18.8 Å². The van der Waals surface area contributed by atoms with Crippen LogP contribution in [0.4, 0.5) is 13.2 Å². The molecule has 1 atom stereocenters. The van der Waals surface area contributed by atoms with Crippen molar-refractivity contribution in [3.63, 3.8) is 0 Å². The van der Waals surface area contributed by atoms with Crippen molar-refractivity contribution >= 4 is 11.8 Å².